The maximum atomic E-state index is 6.69. The Kier molecular flexibility index (Phi) is 7.00. The Balaban J connectivity index is 1.90. The minimum absolute atomic E-state index is 0.0815. The van der Waals surface area contributed by atoms with Crippen LogP contribution in [-0.4, -0.2) is 8.07 Å². The van der Waals surface area contributed by atoms with Gasteiger partial charge in [0.1, 0.15) is 11.5 Å². The molecule has 3 aromatic rings. The van der Waals surface area contributed by atoms with E-state index in [9.17, 15) is 0 Å². The van der Waals surface area contributed by atoms with Crippen LogP contribution >= 0.6 is 0 Å². The van der Waals surface area contributed by atoms with E-state index in [1.165, 1.54) is 22.3 Å². The molecule has 0 bridgehead atoms. The molecule has 34 heavy (non-hydrogen) atoms. The SMILES string of the molecule is C=C1/C(=C/[Si](C(C)C)(C(C)C)C(C)C)Oc2ccc(-c3ccccc3)cc2C1c1ccccc1. The molecular weight excluding hydrogens is 428 g/mol. The molecule has 0 spiro atoms. The molecule has 3 aromatic carbocycles. The fraction of sp³-hybridized carbons (Fsp3) is 0.312. The lowest BCUT2D eigenvalue weighted by molar-refractivity contribution is 0.408. The van der Waals surface area contributed by atoms with Crippen molar-refractivity contribution in [2.24, 2.45) is 0 Å². The van der Waals surface area contributed by atoms with E-state index < -0.39 is 8.07 Å². The van der Waals surface area contributed by atoms with Gasteiger partial charge in [0, 0.05) is 11.5 Å². The molecule has 0 aliphatic carbocycles. The number of ether oxygens (including phenoxy) is 1. The monoisotopic (exact) mass is 466 g/mol. The molecule has 0 amide bonds. The van der Waals surface area contributed by atoms with Gasteiger partial charge in [0.05, 0.1) is 8.07 Å². The second-order valence-corrected chi connectivity index (χ2v) is 16.3. The topological polar surface area (TPSA) is 9.23 Å². The summed E-state index contributed by atoms with van der Waals surface area (Å²) in [6.45, 7) is 19.0. The van der Waals surface area contributed by atoms with Crippen LogP contribution in [0.1, 0.15) is 58.6 Å². The fourth-order valence-corrected chi connectivity index (χ4v) is 11.8. The molecule has 1 heterocycles. The first kappa shape index (κ1) is 24.3. The first-order chi connectivity index (χ1) is 16.3. The van der Waals surface area contributed by atoms with Gasteiger partial charge in [-0.1, -0.05) is 121 Å². The molecule has 0 aromatic heterocycles. The lowest BCUT2D eigenvalue weighted by atomic mass is 9.81. The zero-order valence-corrected chi connectivity index (χ0v) is 22.5. The Bertz CT molecular complexity index is 1150. The highest BCUT2D eigenvalue weighted by molar-refractivity contribution is 6.88. The molecule has 1 unspecified atom stereocenters. The molecule has 176 valence electrons. The van der Waals surface area contributed by atoms with Crippen LogP contribution in [0.2, 0.25) is 16.6 Å². The summed E-state index contributed by atoms with van der Waals surface area (Å²) in [7, 11) is -1.82. The van der Waals surface area contributed by atoms with Crippen molar-refractivity contribution >= 4 is 8.07 Å². The van der Waals surface area contributed by atoms with Crippen LogP contribution in [-0.2, 0) is 0 Å². The van der Waals surface area contributed by atoms with Gasteiger partial charge >= 0.3 is 0 Å². The molecule has 0 saturated heterocycles. The van der Waals surface area contributed by atoms with Crippen LogP contribution in [0.15, 0.2) is 102 Å². The van der Waals surface area contributed by atoms with E-state index in [0.717, 1.165) is 17.1 Å². The minimum Gasteiger partial charge on any atom is -0.457 e. The second kappa shape index (κ2) is 9.80. The third-order valence-corrected chi connectivity index (χ3v) is 14.6. The van der Waals surface area contributed by atoms with Gasteiger partial charge in [-0.25, -0.2) is 0 Å². The summed E-state index contributed by atoms with van der Waals surface area (Å²) in [6.07, 6.45) is 0. The molecule has 1 atom stereocenters. The average Bonchev–Trinajstić information content (AvgIpc) is 2.83. The third-order valence-electron chi connectivity index (χ3n) is 7.83. The number of hydrogen-bond donors (Lipinski definition) is 0. The van der Waals surface area contributed by atoms with Crippen LogP contribution in [0.25, 0.3) is 11.1 Å². The average molecular weight is 467 g/mol. The highest BCUT2D eigenvalue weighted by atomic mass is 28.3. The van der Waals surface area contributed by atoms with Crippen LogP contribution in [0.5, 0.6) is 5.75 Å². The van der Waals surface area contributed by atoms with Gasteiger partial charge in [0.15, 0.2) is 0 Å². The third kappa shape index (κ3) is 4.32. The number of rotatable bonds is 6. The largest absolute Gasteiger partial charge is 0.457 e. The van der Waals surface area contributed by atoms with Gasteiger partial charge in [-0.2, -0.15) is 0 Å². The Morgan fingerprint density at radius 3 is 1.85 bits per heavy atom. The van der Waals surface area contributed by atoms with Gasteiger partial charge in [-0.05, 0) is 51.0 Å². The predicted molar refractivity (Wildman–Crippen MR) is 149 cm³/mol. The Morgan fingerprint density at radius 1 is 0.735 bits per heavy atom. The van der Waals surface area contributed by atoms with Crippen molar-refractivity contribution in [3.05, 3.63) is 114 Å². The van der Waals surface area contributed by atoms with Crippen molar-refractivity contribution in [2.45, 2.75) is 64.1 Å². The Labute approximate surface area is 207 Å². The number of hydrogen-bond acceptors (Lipinski definition) is 1. The molecule has 1 aliphatic heterocycles. The summed E-state index contributed by atoms with van der Waals surface area (Å²) in [5.41, 5.74) is 10.4. The molecular formula is C32H38OSi. The summed E-state index contributed by atoms with van der Waals surface area (Å²) in [6, 6.07) is 28.0. The molecule has 2 heteroatoms. The van der Waals surface area contributed by atoms with Crippen LogP contribution in [0.3, 0.4) is 0 Å². The number of fused-ring (bicyclic) bond motifs is 1. The van der Waals surface area contributed by atoms with Crippen LogP contribution < -0.4 is 4.74 Å². The lowest BCUT2D eigenvalue weighted by Crippen LogP contribution is -2.43. The van der Waals surface area contributed by atoms with Crippen molar-refractivity contribution in [3.8, 4) is 16.9 Å². The van der Waals surface area contributed by atoms with Crippen molar-refractivity contribution in [1.29, 1.82) is 0 Å². The van der Waals surface area contributed by atoms with Crippen molar-refractivity contribution < 1.29 is 4.74 Å². The van der Waals surface area contributed by atoms with E-state index in [1.54, 1.807) is 0 Å². The predicted octanol–water partition coefficient (Wildman–Crippen LogP) is 9.54. The van der Waals surface area contributed by atoms with E-state index in [1.807, 2.05) is 0 Å². The molecule has 1 nitrogen and oxygen atoms in total. The zero-order chi connectivity index (χ0) is 24.5. The van der Waals surface area contributed by atoms with Crippen molar-refractivity contribution in [1.82, 2.24) is 0 Å². The highest BCUT2D eigenvalue weighted by Gasteiger charge is 2.43. The maximum Gasteiger partial charge on any atom is 0.131 e. The molecule has 0 fully saturated rings. The van der Waals surface area contributed by atoms with E-state index in [2.05, 4.69) is 133 Å². The standard InChI is InChI=1S/C32H38OSi/c1-22(2)34(23(3)4,24(5)6)21-31-25(7)32(27-16-12-9-13-17-27)29-20-28(18-19-30(29)33-31)26-14-10-8-11-15-26/h8-24,32H,7H2,1-6H3/b31-21-. The van der Waals surface area contributed by atoms with E-state index >= 15 is 0 Å². The molecule has 0 N–H and O–H groups in total. The van der Waals surface area contributed by atoms with Gasteiger partial charge < -0.3 is 4.74 Å². The van der Waals surface area contributed by atoms with Gasteiger partial charge in [0.2, 0.25) is 0 Å². The van der Waals surface area contributed by atoms with Gasteiger partial charge in [0.25, 0.3) is 0 Å². The van der Waals surface area contributed by atoms with Crippen molar-refractivity contribution in [3.63, 3.8) is 0 Å². The quantitative estimate of drug-likeness (QED) is 0.329. The summed E-state index contributed by atoms with van der Waals surface area (Å²) in [4.78, 5) is 0. The summed E-state index contributed by atoms with van der Waals surface area (Å²) < 4.78 is 6.69. The molecule has 0 saturated carbocycles. The number of benzene rings is 3. The zero-order valence-electron chi connectivity index (χ0n) is 21.5. The smallest absolute Gasteiger partial charge is 0.131 e. The fourth-order valence-electron chi connectivity index (χ4n) is 6.07. The normalized spacial score (nSPS) is 17.4. The summed E-state index contributed by atoms with van der Waals surface area (Å²) in [5.74, 6) is 2.01. The van der Waals surface area contributed by atoms with Crippen LogP contribution in [0.4, 0.5) is 0 Å². The summed E-state index contributed by atoms with van der Waals surface area (Å²) in [5, 5.41) is 0. The van der Waals surface area contributed by atoms with Crippen LogP contribution in [0, 0.1) is 0 Å². The van der Waals surface area contributed by atoms with Crippen molar-refractivity contribution in [2.75, 3.05) is 0 Å². The molecule has 1 aliphatic rings. The maximum absolute atomic E-state index is 6.69. The Hall–Kier alpha value is -2.84. The summed E-state index contributed by atoms with van der Waals surface area (Å²) >= 11 is 0. The lowest BCUT2D eigenvalue weighted by Gasteiger charge is -2.42. The first-order valence-electron chi connectivity index (χ1n) is 12.6. The highest BCUT2D eigenvalue weighted by Crippen LogP contribution is 2.49. The number of allylic oxidation sites excluding steroid dienone is 1. The first-order valence-corrected chi connectivity index (χ1v) is 14.9. The van der Waals surface area contributed by atoms with E-state index in [4.69, 9.17) is 4.74 Å². The van der Waals surface area contributed by atoms with Gasteiger partial charge in [-0.3, -0.25) is 0 Å². The molecule has 4 rings (SSSR count). The second-order valence-electron chi connectivity index (χ2n) is 10.6. The molecule has 0 radical (unpaired) electrons. The van der Waals surface area contributed by atoms with E-state index in [-0.39, 0.29) is 5.92 Å². The van der Waals surface area contributed by atoms with E-state index in [0.29, 0.717) is 16.6 Å². The minimum atomic E-state index is -1.82. The van der Waals surface area contributed by atoms with Gasteiger partial charge in [-0.15, -0.1) is 0 Å². The Morgan fingerprint density at radius 2 is 1.29 bits per heavy atom.